The van der Waals surface area contributed by atoms with Gasteiger partial charge in [0.05, 0.1) is 11.0 Å². The second-order valence-electron chi connectivity index (χ2n) is 10.7. The molecule has 2 heterocycles. The fourth-order valence-corrected chi connectivity index (χ4v) is 5.09. The molecule has 1 aliphatic heterocycles. The van der Waals surface area contributed by atoms with Gasteiger partial charge in [0.1, 0.15) is 5.82 Å². The predicted molar refractivity (Wildman–Crippen MR) is 140 cm³/mol. The van der Waals surface area contributed by atoms with Crippen molar-refractivity contribution < 1.29 is 4.79 Å². The number of aromatic nitrogens is 2. The molecule has 0 radical (unpaired) electrons. The van der Waals surface area contributed by atoms with Gasteiger partial charge in [-0.25, -0.2) is 4.98 Å². The zero-order valence-corrected chi connectivity index (χ0v) is 20.8. The molecule has 1 atom stereocenters. The minimum absolute atomic E-state index is 0.0643. The first-order valence-corrected chi connectivity index (χ1v) is 12.1. The van der Waals surface area contributed by atoms with E-state index < -0.39 is 0 Å². The Labute approximate surface area is 202 Å². The number of imidazole rings is 1. The summed E-state index contributed by atoms with van der Waals surface area (Å²) in [5.41, 5.74) is 8.18. The average Bonchev–Trinajstić information content (AvgIpc) is 3.34. The van der Waals surface area contributed by atoms with Crippen LogP contribution in [0.4, 0.5) is 5.69 Å². The molecule has 4 nitrogen and oxygen atoms in total. The Hall–Kier alpha value is -3.40. The minimum Gasteiger partial charge on any atom is -0.323 e. The maximum absolute atomic E-state index is 13.1. The number of anilines is 1. The Kier molecular flexibility index (Phi) is 5.55. The van der Waals surface area contributed by atoms with Gasteiger partial charge in [-0.3, -0.25) is 4.79 Å². The first-order chi connectivity index (χ1) is 16.2. The Morgan fingerprint density at radius 3 is 2.41 bits per heavy atom. The molecule has 1 fully saturated rings. The number of nitrogens with zero attached hydrogens (tertiary/aromatic N) is 3. The molecule has 34 heavy (non-hydrogen) atoms. The fourth-order valence-electron chi connectivity index (χ4n) is 5.09. The van der Waals surface area contributed by atoms with Crippen LogP contribution in [0, 0.1) is 13.8 Å². The lowest BCUT2D eigenvalue weighted by atomic mass is 9.87. The van der Waals surface area contributed by atoms with Crippen LogP contribution in [0.1, 0.15) is 61.2 Å². The third-order valence-electron chi connectivity index (χ3n) is 6.98. The SMILES string of the molecule is Cc1ccc(N2CC(c3nc4ccccc4n3Cc3ccc(C(C)(C)C)cc3)CC2=O)c(C)c1. The highest BCUT2D eigenvalue weighted by Gasteiger charge is 2.35. The number of fused-ring (bicyclic) bond motifs is 1. The van der Waals surface area contributed by atoms with Crippen molar-refractivity contribution in [2.24, 2.45) is 0 Å². The number of benzene rings is 3. The summed E-state index contributed by atoms with van der Waals surface area (Å²) in [5, 5.41) is 0. The lowest BCUT2D eigenvalue weighted by Crippen LogP contribution is -2.25. The molecule has 1 unspecified atom stereocenters. The van der Waals surface area contributed by atoms with Crippen LogP contribution in [0.25, 0.3) is 11.0 Å². The standard InChI is InChI=1S/C30H33N3O/c1-20-10-15-26(21(2)16-20)32-19-23(17-28(32)34)29-31-25-8-6-7-9-27(25)33(29)18-22-11-13-24(14-12-22)30(3,4)5/h6-16,23H,17-19H2,1-5H3. The second kappa shape index (κ2) is 8.43. The van der Waals surface area contributed by atoms with E-state index in [9.17, 15) is 4.79 Å². The molecule has 5 rings (SSSR count). The number of amides is 1. The second-order valence-corrected chi connectivity index (χ2v) is 10.7. The van der Waals surface area contributed by atoms with Crippen LogP contribution < -0.4 is 4.90 Å². The highest BCUT2D eigenvalue weighted by molar-refractivity contribution is 5.97. The summed E-state index contributed by atoms with van der Waals surface area (Å²) in [4.78, 5) is 20.1. The van der Waals surface area contributed by atoms with Crippen molar-refractivity contribution in [2.45, 2.75) is 58.9 Å². The summed E-state index contributed by atoms with van der Waals surface area (Å²) in [6.07, 6.45) is 0.486. The van der Waals surface area contributed by atoms with E-state index in [0.717, 1.165) is 34.7 Å². The summed E-state index contributed by atoms with van der Waals surface area (Å²) in [7, 11) is 0. The molecule has 3 aromatic carbocycles. The zero-order chi connectivity index (χ0) is 24.0. The summed E-state index contributed by atoms with van der Waals surface area (Å²) in [5.74, 6) is 1.24. The summed E-state index contributed by atoms with van der Waals surface area (Å²) in [6, 6.07) is 23.5. The van der Waals surface area contributed by atoms with E-state index in [1.165, 1.54) is 16.7 Å². The topological polar surface area (TPSA) is 38.1 Å². The third-order valence-corrected chi connectivity index (χ3v) is 6.98. The van der Waals surface area contributed by atoms with E-state index in [1.54, 1.807) is 0 Å². The number of hydrogen-bond donors (Lipinski definition) is 0. The van der Waals surface area contributed by atoms with Gasteiger partial charge in [-0.1, -0.05) is 74.9 Å². The van der Waals surface area contributed by atoms with Crippen LogP contribution >= 0.6 is 0 Å². The molecular formula is C30H33N3O. The molecule has 174 valence electrons. The maximum Gasteiger partial charge on any atom is 0.227 e. The smallest absolute Gasteiger partial charge is 0.227 e. The number of rotatable bonds is 4. The molecule has 1 aromatic heterocycles. The van der Waals surface area contributed by atoms with E-state index >= 15 is 0 Å². The van der Waals surface area contributed by atoms with E-state index in [1.807, 2.05) is 11.0 Å². The highest BCUT2D eigenvalue weighted by Crippen LogP contribution is 2.35. The van der Waals surface area contributed by atoms with Gasteiger partial charge in [-0.2, -0.15) is 0 Å². The number of para-hydroxylation sites is 2. The normalized spacial score (nSPS) is 16.6. The first-order valence-electron chi connectivity index (χ1n) is 12.1. The van der Waals surface area contributed by atoms with Crippen LogP contribution in [0.15, 0.2) is 66.7 Å². The van der Waals surface area contributed by atoms with Gasteiger partial charge < -0.3 is 9.47 Å². The minimum atomic E-state index is 0.0643. The zero-order valence-electron chi connectivity index (χ0n) is 20.8. The maximum atomic E-state index is 13.1. The first kappa shape index (κ1) is 22.4. The van der Waals surface area contributed by atoms with Crippen molar-refractivity contribution in [1.82, 2.24) is 9.55 Å². The lowest BCUT2D eigenvalue weighted by molar-refractivity contribution is -0.117. The lowest BCUT2D eigenvalue weighted by Gasteiger charge is -2.20. The van der Waals surface area contributed by atoms with Gasteiger partial charge in [0.15, 0.2) is 0 Å². The summed E-state index contributed by atoms with van der Waals surface area (Å²) >= 11 is 0. The van der Waals surface area contributed by atoms with E-state index in [2.05, 4.69) is 99.8 Å². The molecule has 0 saturated carbocycles. The molecule has 1 aliphatic rings. The predicted octanol–water partition coefficient (Wildman–Crippen LogP) is 6.52. The van der Waals surface area contributed by atoms with Gasteiger partial charge >= 0.3 is 0 Å². The van der Waals surface area contributed by atoms with Gasteiger partial charge in [-0.05, 0) is 54.2 Å². The van der Waals surface area contributed by atoms with Crippen molar-refractivity contribution in [3.8, 4) is 0 Å². The van der Waals surface area contributed by atoms with Gasteiger partial charge in [-0.15, -0.1) is 0 Å². The summed E-state index contributed by atoms with van der Waals surface area (Å²) in [6.45, 7) is 12.3. The fraction of sp³-hybridized carbons (Fsp3) is 0.333. The molecule has 4 aromatic rings. The van der Waals surface area contributed by atoms with Gasteiger partial charge in [0.2, 0.25) is 5.91 Å². The molecule has 0 bridgehead atoms. The molecule has 4 heteroatoms. The van der Waals surface area contributed by atoms with Crippen molar-refractivity contribution in [3.05, 3.63) is 94.8 Å². The molecule has 0 aliphatic carbocycles. The number of carbonyl (C=O) groups is 1. The number of hydrogen-bond acceptors (Lipinski definition) is 2. The average molecular weight is 452 g/mol. The van der Waals surface area contributed by atoms with Crippen LogP contribution in [0.2, 0.25) is 0 Å². The Bertz CT molecular complexity index is 1360. The van der Waals surface area contributed by atoms with Crippen molar-refractivity contribution in [3.63, 3.8) is 0 Å². The van der Waals surface area contributed by atoms with E-state index in [0.29, 0.717) is 13.0 Å². The van der Waals surface area contributed by atoms with E-state index in [4.69, 9.17) is 4.98 Å². The van der Waals surface area contributed by atoms with E-state index in [-0.39, 0.29) is 17.2 Å². The van der Waals surface area contributed by atoms with Crippen molar-refractivity contribution in [2.75, 3.05) is 11.4 Å². The summed E-state index contributed by atoms with van der Waals surface area (Å²) < 4.78 is 2.31. The third kappa shape index (κ3) is 4.13. The highest BCUT2D eigenvalue weighted by atomic mass is 16.2. The Morgan fingerprint density at radius 1 is 0.971 bits per heavy atom. The molecular weight excluding hydrogens is 418 g/mol. The van der Waals surface area contributed by atoms with Crippen LogP contribution in [0.5, 0.6) is 0 Å². The number of carbonyl (C=O) groups excluding carboxylic acids is 1. The van der Waals surface area contributed by atoms with Crippen molar-refractivity contribution in [1.29, 1.82) is 0 Å². The molecule has 1 amide bonds. The monoisotopic (exact) mass is 451 g/mol. The van der Waals surface area contributed by atoms with Gasteiger partial charge in [0, 0.05) is 31.1 Å². The largest absolute Gasteiger partial charge is 0.323 e. The van der Waals surface area contributed by atoms with Crippen molar-refractivity contribution >= 4 is 22.6 Å². The molecule has 0 spiro atoms. The van der Waals surface area contributed by atoms with Gasteiger partial charge in [0.25, 0.3) is 0 Å². The van der Waals surface area contributed by atoms with Crippen LogP contribution in [0.3, 0.4) is 0 Å². The number of aryl methyl sites for hydroxylation is 2. The quantitative estimate of drug-likeness (QED) is 0.354. The molecule has 0 N–H and O–H groups in total. The molecule has 1 saturated heterocycles. The van der Waals surface area contributed by atoms with Crippen LogP contribution in [-0.4, -0.2) is 22.0 Å². The van der Waals surface area contributed by atoms with Crippen LogP contribution in [-0.2, 0) is 16.8 Å². The Balaban J connectivity index is 1.49. The Morgan fingerprint density at radius 2 is 1.71 bits per heavy atom.